The Morgan fingerprint density at radius 1 is 1.44 bits per heavy atom. The molecule has 2 aliphatic rings. The standard InChI is InChI=1S/C15H15N5O5/c21-15-19-18-13(25-15)7-24-8-1-2-9-10(5-8)14-11(16-3-4-17-14)6-12(9)20(22)23/h4,6,8,16H,1-3,5,7H2,(H,19,21). The van der Waals surface area contributed by atoms with E-state index in [-0.39, 0.29) is 29.2 Å². The third kappa shape index (κ3) is 2.91. The molecule has 10 heteroatoms. The molecule has 4 rings (SSSR count). The zero-order chi connectivity index (χ0) is 17.4. The Bertz CT molecular complexity index is 916. The van der Waals surface area contributed by atoms with Crippen LogP contribution in [0.25, 0.3) is 0 Å². The fourth-order valence-electron chi connectivity index (χ4n) is 3.28. The van der Waals surface area contributed by atoms with Gasteiger partial charge >= 0.3 is 5.76 Å². The van der Waals surface area contributed by atoms with E-state index < -0.39 is 5.76 Å². The molecule has 0 fully saturated rings. The molecule has 0 spiro atoms. The maximum Gasteiger partial charge on any atom is 0.434 e. The van der Waals surface area contributed by atoms with Crippen molar-refractivity contribution in [3.8, 4) is 0 Å². The normalized spacial score (nSPS) is 18.3. The van der Waals surface area contributed by atoms with E-state index in [9.17, 15) is 14.9 Å². The van der Waals surface area contributed by atoms with Crippen LogP contribution in [0.2, 0.25) is 0 Å². The van der Waals surface area contributed by atoms with Gasteiger partial charge in [0.25, 0.3) is 5.69 Å². The van der Waals surface area contributed by atoms with Gasteiger partial charge in [-0.3, -0.25) is 15.1 Å². The Hall–Kier alpha value is -3.01. The Morgan fingerprint density at radius 2 is 2.32 bits per heavy atom. The molecule has 2 heterocycles. The van der Waals surface area contributed by atoms with Crippen LogP contribution in [0.3, 0.4) is 0 Å². The number of H-pyrrole nitrogens is 1. The van der Waals surface area contributed by atoms with Gasteiger partial charge < -0.3 is 14.5 Å². The van der Waals surface area contributed by atoms with Gasteiger partial charge in [0.15, 0.2) is 0 Å². The number of hydrogen-bond acceptors (Lipinski definition) is 8. The highest BCUT2D eigenvalue weighted by Crippen LogP contribution is 2.42. The summed E-state index contributed by atoms with van der Waals surface area (Å²) in [6, 6.07) is 1.56. The number of nitrogens with one attached hydrogen (secondary N) is 2. The van der Waals surface area contributed by atoms with E-state index in [2.05, 4.69) is 20.5 Å². The van der Waals surface area contributed by atoms with Gasteiger partial charge in [-0.05, 0) is 18.4 Å². The smallest absolute Gasteiger partial charge is 0.390 e. The van der Waals surface area contributed by atoms with E-state index in [0.29, 0.717) is 31.5 Å². The van der Waals surface area contributed by atoms with Crippen molar-refractivity contribution >= 4 is 23.3 Å². The maximum absolute atomic E-state index is 11.4. The second-order valence-electron chi connectivity index (χ2n) is 5.88. The van der Waals surface area contributed by atoms with Gasteiger partial charge in [-0.1, -0.05) is 0 Å². The predicted molar refractivity (Wildman–Crippen MR) is 87.5 cm³/mol. The second-order valence-corrected chi connectivity index (χ2v) is 5.88. The lowest BCUT2D eigenvalue weighted by Crippen LogP contribution is -2.24. The van der Waals surface area contributed by atoms with E-state index in [0.717, 1.165) is 16.8 Å². The third-order valence-corrected chi connectivity index (χ3v) is 4.37. The molecule has 0 amide bonds. The van der Waals surface area contributed by atoms with Crippen LogP contribution in [0.15, 0.2) is 20.3 Å². The van der Waals surface area contributed by atoms with Crippen LogP contribution in [0.4, 0.5) is 17.1 Å². The number of aromatic amines is 1. The van der Waals surface area contributed by atoms with Crippen LogP contribution in [-0.4, -0.2) is 34.0 Å². The molecule has 2 N–H and O–H groups in total. The molecule has 1 aliphatic heterocycles. The van der Waals surface area contributed by atoms with Crippen LogP contribution in [0, 0.1) is 10.1 Å². The summed E-state index contributed by atoms with van der Waals surface area (Å²) in [7, 11) is 0. The number of nitrogens with zero attached hydrogens (tertiary/aromatic N) is 3. The second kappa shape index (κ2) is 6.13. The van der Waals surface area contributed by atoms with Gasteiger partial charge in [0.05, 0.1) is 28.9 Å². The van der Waals surface area contributed by atoms with E-state index in [4.69, 9.17) is 9.15 Å². The van der Waals surface area contributed by atoms with Crippen LogP contribution >= 0.6 is 0 Å². The first-order chi connectivity index (χ1) is 12.1. The van der Waals surface area contributed by atoms with E-state index in [1.54, 1.807) is 12.3 Å². The third-order valence-electron chi connectivity index (χ3n) is 4.37. The van der Waals surface area contributed by atoms with Crippen molar-refractivity contribution in [2.75, 3.05) is 11.9 Å². The molecule has 25 heavy (non-hydrogen) atoms. The van der Waals surface area contributed by atoms with Crippen molar-refractivity contribution in [3.05, 3.63) is 43.7 Å². The van der Waals surface area contributed by atoms with E-state index in [1.807, 2.05) is 0 Å². The lowest BCUT2D eigenvalue weighted by Gasteiger charge is -2.27. The van der Waals surface area contributed by atoms with Gasteiger partial charge in [0.2, 0.25) is 5.89 Å². The first kappa shape index (κ1) is 15.5. The van der Waals surface area contributed by atoms with Crippen molar-refractivity contribution in [2.24, 2.45) is 4.99 Å². The summed E-state index contributed by atoms with van der Waals surface area (Å²) in [5.74, 6) is -0.450. The number of hydrogen-bond donors (Lipinski definition) is 2. The highest BCUT2D eigenvalue weighted by molar-refractivity contribution is 5.85. The molecule has 0 radical (unpaired) electrons. The first-order valence-electron chi connectivity index (χ1n) is 7.87. The molecule has 1 atom stereocenters. The van der Waals surface area contributed by atoms with E-state index >= 15 is 0 Å². The van der Waals surface area contributed by atoms with Crippen molar-refractivity contribution in [2.45, 2.75) is 32.0 Å². The van der Waals surface area contributed by atoms with Crippen LogP contribution < -0.4 is 11.1 Å². The summed E-state index contributed by atoms with van der Waals surface area (Å²) < 4.78 is 10.6. The average Bonchev–Trinajstić information content (AvgIpc) is 3.04. The Kier molecular flexibility index (Phi) is 3.80. The Labute approximate surface area is 141 Å². The minimum Gasteiger partial charge on any atom is -0.390 e. The van der Waals surface area contributed by atoms with Crippen molar-refractivity contribution in [1.29, 1.82) is 0 Å². The summed E-state index contributed by atoms with van der Waals surface area (Å²) in [5, 5.41) is 20.4. The number of aromatic nitrogens is 2. The lowest BCUT2D eigenvalue weighted by atomic mass is 9.86. The number of fused-ring (bicyclic) bond motifs is 3. The number of ether oxygens (including phenoxy) is 1. The number of rotatable bonds is 4. The molecule has 0 saturated heterocycles. The van der Waals surface area contributed by atoms with E-state index in [1.165, 1.54) is 0 Å². The van der Waals surface area contributed by atoms with Crippen molar-refractivity contribution in [3.63, 3.8) is 0 Å². The number of nitro benzene ring substituents is 1. The predicted octanol–water partition coefficient (Wildman–Crippen LogP) is 1.47. The average molecular weight is 345 g/mol. The zero-order valence-electron chi connectivity index (χ0n) is 13.2. The van der Waals surface area contributed by atoms with Crippen LogP contribution in [-0.2, 0) is 24.2 Å². The molecule has 2 aromatic rings. The zero-order valence-corrected chi connectivity index (χ0v) is 13.2. The molecular weight excluding hydrogens is 330 g/mol. The first-order valence-corrected chi connectivity index (χ1v) is 7.87. The minimum atomic E-state index is -0.627. The number of anilines is 1. The van der Waals surface area contributed by atoms with Gasteiger partial charge in [-0.2, -0.15) is 0 Å². The van der Waals surface area contributed by atoms with Crippen LogP contribution in [0.5, 0.6) is 0 Å². The maximum atomic E-state index is 11.4. The minimum absolute atomic E-state index is 0.0668. The summed E-state index contributed by atoms with van der Waals surface area (Å²) in [6.45, 7) is 0.610. The molecule has 1 unspecified atom stereocenters. The fraction of sp³-hybridized carbons (Fsp3) is 0.400. The quantitative estimate of drug-likeness (QED) is 0.632. The molecular formula is C15H15N5O5. The Morgan fingerprint density at radius 3 is 3.08 bits per heavy atom. The van der Waals surface area contributed by atoms with Gasteiger partial charge in [0.1, 0.15) is 6.61 Å². The SMILES string of the molecule is O=c1[nH]nc(COC2CCc3c([N+](=O)[O-])cc4c(c3C2)N=CCN4)o1. The lowest BCUT2D eigenvalue weighted by molar-refractivity contribution is -0.385. The highest BCUT2D eigenvalue weighted by Gasteiger charge is 2.31. The molecule has 130 valence electrons. The molecule has 1 aliphatic carbocycles. The van der Waals surface area contributed by atoms with Gasteiger partial charge in [-0.25, -0.2) is 9.89 Å². The summed E-state index contributed by atoms with van der Waals surface area (Å²) >= 11 is 0. The Balaban J connectivity index is 1.61. The summed E-state index contributed by atoms with van der Waals surface area (Å²) in [6.07, 6.45) is 3.27. The van der Waals surface area contributed by atoms with Gasteiger partial charge in [-0.15, -0.1) is 5.10 Å². The molecule has 10 nitrogen and oxygen atoms in total. The van der Waals surface area contributed by atoms with Crippen LogP contribution in [0.1, 0.15) is 23.4 Å². The molecule has 0 bridgehead atoms. The molecule has 1 aromatic heterocycles. The highest BCUT2D eigenvalue weighted by atomic mass is 16.6. The molecule has 0 saturated carbocycles. The largest absolute Gasteiger partial charge is 0.434 e. The number of benzene rings is 1. The van der Waals surface area contributed by atoms with Crippen molar-refractivity contribution < 1.29 is 14.1 Å². The topological polar surface area (TPSA) is 136 Å². The van der Waals surface area contributed by atoms with Gasteiger partial charge in [0, 0.05) is 24.3 Å². The summed E-state index contributed by atoms with van der Waals surface area (Å²) in [5.41, 5.74) is 3.09. The number of aliphatic imine (C=N–C) groups is 1. The monoisotopic (exact) mass is 345 g/mol. The van der Waals surface area contributed by atoms with Crippen molar-refractivity contribution in [1.82, 2.24) is 10.2 Å². The fourth-order valence-corrected chi connectivity index (χ4v) is 3.28. The summed E-state index contributed by atoms with van der Waals surface area (Å²) in [4.78, 5) is 26.4. The molecule has 1 aromatic carbocycles. The number of nitro groups is 1.